The number of carbonyl (C=O) groups excluding carboxylic acids is 4. The van der Waals surface area contributed by atoms with Crippen LogP contribution < -0.4 is 10.1 Å². The van der Waals surface area contributed by atoms with Crippen molar-refractivity contribution >= 4 is 23.5 Å². The van der Waals surface area contributed by atoms with E-state index in [9.17, 15) is 19.2 Å². The topological polar surface area (TPSA) is 96.0 Å². The minimum Gasteiger partial charge on any atom is -0.457 e. The van der Waals surface area contributed by atoms with E-state index in [0.717, 1.165) is 25.7 Å². The molecule has 0 bridgehead atoms. The molecule has 1 saturated carbocycles. The van der Waals surface area contributed by atoms with Crippen LogP contribution in [-0.2, 0) is 9.59 Å². The van der Waals surface area contributed by atoms with Crippen molar-refractivity contribution in [3.05, 3.63) is 96.1 Å². The largest absolute Gasteiger partial charge is 0.457 e. The van der Waals surface area contributed by atoms with Gasteiger partial charge in [-0.25, -0.2) is 0 Å². The van der Waals surface area contributed by atoms with Crippen molar-refractivity contribution in [2.24, 2.45) is 5.92 Å². The lowest BCUT2D eigenvalue weighted by molar-refractivity contribution is -0.138. The van der Waals surface area contributed by atoms with Crippen LogP contribution in [0.3, 0.4) is 0 Å². The van der Waals surface area contributed by atoms with Crippen LogP contribution in [0.25, 0.3) is 0 Å². The lowest BCUT2D eigenvalue weighted by atomic mass is 9.84. The summed E-state index contributed by atoms with van der Waals surface area (Å²) in [6, 6.07) is 23.4. The Morgan fingerprint density at radius 3 is 2.21 bits per heavy atom. The number of nitrogens with zero attached hydrogens (tertiary/aromatic N) is 2. The molecule has 2 saturated heterocycles. The Balaban J connectivity index is 1.19. The fourth-order valence-corrected chi connectivity index (χ4v) is 6.83. The summed E-state index contributed by atoms with van der Waals surface area (Å²) in [5, 5.41) is 3.03. The Bertz CT molecular complexity index is 1470. The van der Waals surface area contributed by atoms with Gasteiger partial charge in [-0.05, 0) is 61.2 Å². The normalized spacial score (nSPS) is 20.9. The van der Waals surface area contributed by atoms with Crippen molar-refractivity contribution in [3.8, 4) is 11.5 Å². The maximum Gasteiger partial charge on any atom is 0.254 e. The molecule has 3 aliphatic rings. The Morgan fingerprint density at radius 2 is 1.47 bits per heavy atom. The molecular weight excluding hydrogens is 542 g/mol. The Labute approximate surface area is 252 Å². The highest BCUT2D eigenvalue weighted by molar-refractivity contribution is 6.03. The predicted molar refractivity (Wildman–Crippen MR) is 162 cm³/mol. The molecule has 8 nitrogen and oxygen atoms in total. The second kappa shape index (κ2) is 12.8. The van der Waals surface area contributed by atoms with E-state index in [-0.39, 0.29) is 36.1 Å². The minimum atomic E-state index is -0.764. The van der Waals surface area contributed by atoms with Crippen LogP contribution in [0.1, 0.15) is 65.7 Å². The number of ketones is 1. The zero-order valence-electron chi connectivity index (χ0n) is 24.2. The third-order valence-electron chi connectivity index (χ3n) is 8.96. The van der Waals surface area contributed by atoms with Crippen molar-refractivity contribution in [1.82, 2.24) is 15.1 Å². The molecule has 3 fully saturated rings. The fourth-order valence-electron chi connectivity index (χ4n) is 6.83. The van der Waals surface area contributed by atoms with E-state index < -0.39 is 12.1 Å². The van der Waals surface area contributed by atoms with Crippen LogP contribution in [0.5, 0.6) is 11.5 Å². The van der Waals surface area contributed by atoms with Gasteiger partial charge in [-0.2, -0.15) is 0 Å². The van der Waals surface area contributed by atoms with Crippen molar-refractivity contribution < 1.29 is 23.9 Å². The lowest BCUT2D eigenvalue weighted by Gasteiger charge is -2.31. The van der Waals surface area contributed by atoms with E-state index in [1.807, 2.05) is 36.4 Å². The van der Waals surface area contributed by atoms with E-state index in [4.69, 9.17) is 4.74 Å². The molecule has 6 rings (SSSR count). The van der Waals surface area contributed by atoms with Gasteiger partial charge in [-0.3, -0.25) is 19.2 Å². The number of fused-ring (bicyclic) bond motifs is 1. The number of amides is 3. The standard InChI is InChI=1S/C35H37N3O5/c39-31-23-38(34(41)25-13-6-2-7-14-25)30-19-20-37(32(30)31)35(42)29(21-24-11-4-1-5-12-24)36-33(40)26-15-10-18-28(22-26)43-27-16-8-3-9-17-27/h2-3,6-10,13-18,22,24,29-30,32H,1,4-5,11-12,19-21,23H2,(H,36,40)/t29-,30+,32-/m0/s1. The summed E-state index contributed by atoms with van der Waals surface area (Å²) >= 11 is 0. The monoisotopic (exact) mass is 579 g/mol. The summed E-state index contributed by atoms with van der Waals surface area (Å²) in [4.78, 5) is 57.5. The van der Waals surface area contributed by atoms with Gasteiger partial charge in [0.05, 0.1) is 12.6 Å². The number of rotatable bonds is 8. The van der Waals surface area contributed by atoms with Crippen molar-refractivity contribution in [2.75, 3.05) is 13.1 Å². The molecule has 0 radical (unpaired) electrons. The predicted octanol–water partition coefficient (Wildman–Crippen LogP) is 5.24. The van der Waals surface area contributed by atoms with Crippen LogP contribution in [0.15, 0.2) is 84.9 Å². The average molecular weight is 580 g/mol. The van der Waals surface area contributed by atoms with Crippen LogP contribution in [0.4, 0.5) is 0 Å². The molecule has 2 heterocycles. The molecule has 8 heteroatoms. The lowest BCUT2D eigenvalue weighted by Crippen LogP contribution is -2.53. The molecule has 3 atom stereocenters. The number of Topliss-reactive ketones (excluding diaryl/α,β-unsaturated/α-hetero) is 1. The molecule has 43 heavy (non-hydrogen) atoms. The van der Waals surface area contributed by atoms with E-state index in [1.54, 1.807) is 58.3 Å². The molecule has 2 aliphatic heterocycles. The third-order valence-corrected chi connectivity index (χ3v) is 8.96. The summed E-state index contributed by atoms with van der Waals surface area (Å²) in [6.45, 7) is 0.358. The van der Waals surface area contributed by atoms with Gasteiger partial charge in [0.1, 0.15) is 23.6 Å². The van der Waals surface area contributed by atoms with E-state index >= 15 is 0 Å². The second-order valence-corrected chi connectivity index (χ2v) is 11.8. The smallest absolute Gasteiger partial charge is 0.254 e. The maximum absolute atomic E-state index is 14.2. The summed E-state index contributed by atoms with van der Waals surface area (Å²) in [5.41, 5.74) is 0.924. The van der Waals surface area contributed by atoms with Crippen LogP contribution >= 0.6 is 0 Å². The van der Waals surface area contributed by atoms with E-state index in [0.29, 0.717) is 47.9 Å². The second-order valence-electron chi connectivity index (χ2n) is 11.8. The van der Waals surface area contributed by atoms with E-state index in [1.165, 1.54) is 6.42 Å². The molecule has 3 amide bonds. The van der Waals surface area contributed by atoms with Gasteiger partial charge >= 0.3 is 0 Å². The molecule has 1 aliphatic carbocycles. The van der Waals surface area contributed by atoms with Gasteiger partial charge in [-0.1, -0.05) is 74.6 Å². The number of ether oxygens (including phenoxy) is 1. The number of carbonyl (C=O) groups is 4. The quantitative estimate of drug-likeness (QED) is 0.394. The molecule has 0 unspecified atom stereocenters. The zero-order valence-corrected chi connectivity index (χ0v) is 24.2. The number of nitrogens with one attached hydrogen (secondary N) is 1. The summed E-state index contributed by atoms with van der Waals surface area (Å²) in [5.74, 6) is 0.581. The first-order chi connectivity index (χ1) is 21.0. The van der Waals surface area contributed by atoms with Crippen molar-refractivity contribution in [1.29, 1.82) is 0 Å². The molecule has 0 aromatic heterocycles. The van der Waals surface area contributed by atoms with Gasteiger partial charge in [0.2, 0.25) is 5.91 Å². The summed E-state index contributed by atoms with van der Waals surface area (Å²) in [7, 11) is 0. The summed E-state index contributed by atoms with van der Waals surface area (Å²) in [6.07, 6.45) is 6.51. The molecule has 0 spiro atoms. The van der Waals surface area contributed by atoms with Gasteiger partial charge in [0.15, 0.2) is 5.78 Å². The van der Waals surface area contributed by atoms with Crippen molar-refractivity contribution in [2.45, 2.75) is 63.1 Å². The molecule has 1 N–H and O–H groups in total. The third kappa shape index (κ3) is 6.33. The first kappa shape index (κ1) is 28.6. The number of hydrogen-bond donors (Lipinski definition) is 1. The highest BCUT2D eigenvalue weighted by Crippen LogP contribution is 2.33. The Hall–Kier alpha value is -4.46. The Morgan fingerprint density at radius 1 is 0.791 bits per heavy atom. The molecule has 3 aromatic rings. The number of benzene rings is 3. The van der Waals surface area contributed by atoms with Crippen molar-refractivity contribution in [3.63, 3.8) is 0 Å². The zero-order chi connectivity index (χ0) is 29.8. The highest BCUT2D eigenvalue weighted by atomic mass is 16.5. The summed E-state index contributed by atoms with van der Waals surface area (Å²) < 4.78 is 5.92. The van der Waals surface area contributed by atoms with Crippen LogP contribution in [0.2, 0.25) is 0 Å². The number of hydrogen-bond acceptors (Lipinski definition) is 5. The maximum atomic E-state index is 14.2. The first-order valence-electron chi connectivity index (χ1n) is 15.3. The molecule has 3 aromatic carbocycles. The molecule has 222 valence electrons. The SMILES string of the molecule is O=C(N[C@@H](CC1CCCCC1)C(=O)N1CC[C@@H]2[C@H]1C(=O)CN2C(=O)c1ccccc1)c1cccc(Oc2ccccc2)c1. The highest BCUT2D eigenvalue weighted by Gasteiger charge is 2.52. The van der Waals surface area contributed by atoms with Crippen LogP contribution in [0, 0.1) is 5.92 Å². The number of likely N-dealkylation sites (tertiary alicyclic amines) is 2. The Kier molecular flexibility index (Phi) is 8.54. The minimum absolute atomic E-state index is 0.0132. The van der Waals surface area contributed by atoms with Gasteiger partial charge in [0.25, 0.3) is 11.8 Å². The fraction of sp³-hybridized carbons (Fsp3) is 0.371. The van der Waals surface area contributed by atoms with E-state index in [2.05, 4.69) is 5.32 Å². The molecular formula is C35H37N3O5. The first-order valence-corrected chi connectivity index (χ1v) is 15.3. The van der Waals surface area contributed by atoms with Crippen LogP contribution in [-0.4, -0.2) is 64.5 Å². The number of para-hydroxylation sites is 1. The van der Waals surface area contributed by atoms with Gasteiger partial charge < -0.3 is 19.9 Å². The van der Waals surface area contributed by atoms with Gasteiger partial charge in [0, 0.05) is 17.7 Å². The average Bonchev–Trinajstić information content (AvgIpc) is 3.63. The van der Waals surface area contributed by atoms with Gasteiger partial charge in [-0.15, -0.1) is 0 Å².